The van der Waals surface area contributed by atoms with Crippen LogP contribution in [0, 0.1) is 6.92 Å². The number of fused-ring (bicyclic) bond motifs is 1. The molecule has 0 amide bonds. The molecular weight excluding hydrogens is 266 g/mol. The molecule has 0 saturated carbocycles. The lowest BCUT2D eigenvalue weighted by Crippen LogP contribution is -2.02. The van der Waals surface area contributed by atoms with Crippen molar-refractivity contribution in [1.29, 1.82) is 0 Å². The van der Waals surface area contributed by atoms with Crippen LogP contribution in [0.5, 0.6) is 0 Å². The molecule has 3 aromatic rings. The van der Waals surface area contributed by atoms with E-state index in [0.717, 1.165) is 21.5 Å². The minimum absolute atomic E-state index is 0.170. The van der Waals surface area contributed by atoms with Crippen molar-refractivity contribution in [2.45, 2.75) is 11.8 Å². The number of hydrogen-bond acceptors (Lipinski definition) is 2. The topological polar surface area (TPSA) is 32.9 Å². The van der Waals surface area contributed by atoms with Gasteiger partial charge in [-0.3, -0.25) is 4.79 Å². The van der Waals surface area contributed by atoms with Gasteiger partial charge in [0, 0.05) is 27.6 Å². The van der Waals surface area contributed by atoms with Crippen LogP contribution >= 0.6 is 11.8 Å². The Hall–Kier alpha value is -2.00. The molecule has 3 rings (SSSR count). The molecule has 0 aliphatic heterocycles. The monoisotopic (exact) mass is 281 g/mol. The van der Waals surface area contributed by atoms with E-state index in [9.17, 15) is 4.79 Å². The van der Waals surface area contributed by atoms with Crippen LogP contribution in [-0.4, -0.2) is 16.5 Å². The molecule has 0 spiro atoms. The molecule has 0 aliphatic rings. The van der Waals surface area contributed by atoms with Crippen LogP contribution in [0.25, 0.3) is 10.9 Å². The summed E-state index contributed by atoms with van der Waals surface area (Å²) in [5, 5.41) is 1.18. The van der Waals surface area contributed by atoms with Gasteiger partial charge in [0.1, 0.15) is 0 Å². The average molecular weight is 281 g/mol. The molecule has 0 aliphatic carbocycles. The number of thioether (sulfide) groups is 1. The Kier molecular flexibility index (Phi) is 3.61. The zero-order valence-corrected chi connectivity index (χ0v) is 12.0. The first-order valence-electron chi connectivity index (χ1n) is 6.53. The van der Waals surface area contributed by atoms with Crippen molar-refractivity contribution in [3.63, 3.8) is 0 Å². The summed E-state index contributed by atoms with van der Waals surface area (Å²) in [7, 11) is 0. The van der Waals surface area contributed by atoms with E-state index in [1.165, 1.54) is 5.39 Å². The fraction of sp³-hybridized carbons (Fsp3) is 0.118. The Morgan fingerprint density at radius 2 is 2.00 bits per heavy atom. The van der Waals surface area contributed by atoms with Crippen molar-refractivity contribution in [3.05, 3.63) is 65.9 Å². The van der Waals surface area contributed by atoms with E-state index >= 15 is 0 Å². The van der Waals surface area contributed by atoms with Gasteiger partial charge in [0.2, 0.25) is 0 Å². The van der Waals surface area contributed by atoms with Gasteiger partial charge in [0.15, 0.2) is 5.78 Å². The normalized spacial score (nSPS) is 10.8. The molecule has 1 heterocycles. The third-order valence-corrected chi connectivity index (χ3v) is 4.31. The zero-order chi connectivity index (χ0) is 13.9. The molecule has 100 valence electrons. The summed E-state index contributed by atoms with van der Waals surface area (Å²) in [6, 6.07) is 15.9. The van der Waals surface area contributed by atoms with Crippen LogP contribution in [0.1, 0.15) is 15.9 Å². The van der Waals surface area contributed by atoms with Gasteiger partial charge in [0.25, 0.3) is 0 Å². The molecule has 1 N–H and O–H groups in total. The highest BCUT2D eigenvalue weighted by molar-refractivity contribution is 8.00. The fourth-order valence-electron chi connectivity index (χ4n) is 2.21. The lowest BCUT2D eigenvalue weighted by molar-refractivity contribution is 0.102. The van der Waals surface area contributed by atoms with E-state index in [1.807, 2.05) is 55.6 Å². The number of nitrogens with one attached hydrogen (secondary N) is 1. The van der Waals surface area contributed by atoms with Crippen molar-refractivity contribution in [1.82, 2.24) is 4.98 Å². The van der Waals surface area contributed by atoms with Crippen molar-refractivity contribution < 1.29 is 4.79 Å². The first-order chi connectivity index (χ1) is 9.74. The van der Waals surface area contributed by atoms with E-state index in [0.29, 0.717) is 5.75 Å². The predicted molar refractivity (Wildman–Crippen MR) is 84.5 cm³/mol. The molecular formula is C17H15NOS. The highest BCUT2D eigenvalue weighted by atomic mass is 32.2. The molecule has 3 heteroatoms. The van der Waals surface area contributed by atoms with Gasteiger partial charge in [-0.1, -0.05) is 42.0 Å². The number of aryl methyl sites for hydroxylation is 1. The van der Waals surface area contributed by atoms with Gasteiger partial charge in [0.05, 0.1) is 5.75 Å². The number of benzene rings is 2. The van der Waals surface area contributed by atoms with E-state index in [2.05, 4.69) is 11.1 Å². The number of ketones is 1. The van der Waals surface area contributed by atoms with Crippen LogP contribution in [0.3, 0.4) is 0 Å². The van der Waals surface area contributed by atoms with E-state index in [1.54, 1.807) is 11.8 Å². The van der Waals surface area contributed by atoms with Gasteiger partial charge in [-0.25, -0.2) is 0 Å². The van der Waals surface area contributed by atoms with Crippen LogP contribution in [0.2, 0.25) is 0 Å². The molecule has 20 heavy (non-hydrogen) atoms. The Morgan fingerprint density at radius 3 is 2.85 bits per heavy atom. The highest BCUT2D eigenvalue weighted by Gasteiger charge is 2.09. The molecule has 0 bridgehead atoms. The molecule has 2 nitrogen and oxygen atoms in total. The summed E-state index contributed by atoms with van der Waals surface area (Å²) >= 11 is 1.58. The molecule has 0 unspecified atom stereocenters. The molecule has 0 saturated heterocycles. The Morgan fingerprint density at radius 1 is 1.15 bits per heavy atom. The third-order valence-electron chi connectivity index (χ3n) is 3.25. The second-order valence-electron chi connectivity index (χ2n) is 4.78. The van der Waals surface area contributed by atoms with Crippen molar-refractivity contribution in [2.75, 3.05) is 5.75 Å². The lowest BCUT2D eigenvalue weighted by atomic mass is 10.1. The molecule has 0 atom stereocenters. The standard InChI is InChI=1S/C17H15NOS/c1-12-5-4-6-13(9-12)16(19)11-20-17-10-18-15-8-3-2-7-14(15)17/h2-10,18H,11H2,1H3. The lowest BCUT2D eigenvalue weighted by Gasteiger charge is -2.02. The van der Waals surface area contributed by atoms with Crippen molar-refractivity contribution in [2.24, 2.45) is 0 Å². The average Bonchev–Trinajstić information content (AvgIpc) is 2.88. The first kappa shape index (κ1) is 13.0. The quantitative estimate of drug-likeness (QED) is 0.566. The summed E-state index contributed by atoms with van der Waals surface area (Å²) < 4.78 is 0. The van der Waals surface area contributed by atoms with Crippen LogP contribution in [0.15, 0.2) is 59.6 Å². The Bertz CT molecular complexity index is 760. The largest absolute Gasteiger partial charge is 0.360 e. The number of aromatic amines is 1. The van der Waals surface area contributed by atoms with E-state index in [4.69, 9.17) is 0 Å². The van der Waals surface area contributed by atoms with Gasteiger partial charge < -0.3 is 4.98 Å². The first-order valence-corrected chi connectivity index (χ1v) is 7.51. The van der Waals surface area contributed by atoms with Crippen LogP contribution < -0.4 is 0 Å². The van der Waals surface area contributed by atoms with Crippen molar-refractivity contribution in [3.8, 4) is 0 Å². The van der Waals surface area contributed by atoms with Crippen molar-refractivity contribution >= 4 is 28.4 Å². The molecule has 0 fully saturated rings. The summed E-state index contributed by atoms with van der Waals surface area (Å²) in [6.07, 6.45) is 1.97. The number of aromatic nitrogens is 1. The van der Waals surface area contributed by atoms with Gasteiger partial charge in [-0.15, -0.1) is 11.8 Å². The maximum atomic E-state index is 12.2. The molecule has 0 radical (unpaired) electrons. The van der Waals surface area contributed by atoms with Gasteiger partial charge >= 0.3 is 0 Å². The fourth-order valence-corrected chi connectivity index (χ4v) is 3.14. The minimum Gasteiger partial charge on any atom is -0.360 e. The summed E-state index contributed by atoms with van der Waals surface area (Å²) in [4.78, 5) is 16.6. The smallest absolute Gasteiger partial charge is 0.173 e. The number of hydrogen-bond donors (Lipinski definition) is 1. The van der Waals surface area contributed by atoms with E-state index < -0.39 is 0 Å². The minimum atomic E-state index is 0.170. The summed E-state index contributed by atoms with van der Waals surface area (Å²) in [5.41, 5.74) is 3.02. The number of para-hydroxylation sites is 1. The number of carbonyl (C=O) groups is 1. The summed E-state index contributed by atoms with van der Waals surface area (Å²) in [5.74, 6) is 0.634. The van der Waals surface area contributed by atoms with Gasteiger partial charge in [-0.05, 0) is 19.1 Å². The molecule has 1 aromatic heterocycles. The number of Topliss-reactive ketones (excluding diaryl/α,β-unsaturated/α-hetero) is 1. The SMILES string of the molecule is Cc1cccc(C(=O)CSc2c[nH]c3ccccc23)c1. The number of carbonyl (C=O) groups excluding carboxylic acids is 1. The van der Waals surface area contributed by atoms with Gasteiger partial charge in [-0.2, -0.15) is 0 Å². The molecule has 2 aromatic carbocycles. The third kappa shape index (κ3) is 2.63. The maximum absolute atomic E-state index is 12.2. The second kappa shape index (κ2) is 5.55. The highest BCUT2D eigenvalue weighted by Crippen LogP contribution is 2.28. The predicted octanol–water partition coefficient (Wildman–Crippen LogP) is 4.45. The van der Waals surface area contributed by atoms with Crippen LogP contribution in [-0.2, 0) is 0 Å². The Labute approximate surface area is 122 Å². The number of rotatable bonds is 4. The van der Waals surface area contributed by atoms with E-state index in [-0.39, 0.29) is 5.78 Å². The summed E-state index contributed by atoms with van der Waals surface area (Å²) in [6.45, 7) is 2.00. The Balaban J connectivity index is 1.75. The maximum Gasteiger partial charge on any atom is 0.173 e. The second-order valence-corrected chi connectivity index (χ2v) is 5.80. The number of H-pyrrole nitrogens is 1. The zero-order valence-electron chi connectivity index (χ0n) is 11.2. The van der Waals surface area contributed by atoms with Crippen LogP contribution in [0.4, 0.5) is 0 Å².